The van der Waals surface area contributed by atoms with Crippen LogP contribution >= 0.6 is 0 Å². The zero-order chi connectivity index (χ0) is 14.0. The van der Waals surface area contributed by atoms with Crippen molar-refractivity contribution in [2.45, 2.75) is 13.8 Å². The molecule has 0 aliphatic rings. The van der Waals surface area contributed by atoms with E-state index in [9.17, 15) is 9.59 Å². The van der Waals surface area contributed by atoms with Gasteiger partial charge in [-0.05, 0) is 19.9 Å². The van der Waals surface area contributed by atoms with Gasteiger partial charge in [-0.15, -0.1) is 5.10 Å². The number of nitrogens with zero attached hydrogens (tertiary/aromatic N) is 3. The lowest BCUT2D eigenvalue weighted by atomic mass is 10.1. The van der Waals surface area contributed by atoms with Crippen LogP contribution in [-0.2, 0) is 0 Å². The average molecular weight is 259 g/mol. The second-order valence-electron chi connectivity index (χ2n) is 4.02. The summed E-state index contributed by atoms with van der Waals surface area (Å²) >= 11 is 0. The van der Waals surface area contributed by atoms with Crippen LogP contribution in [0.4, 0.5) is 0 Å². The summed E-state index contributed by atoms with van der Waals surface area (Å²) in [5.41, 5.74) is 1.94. The number of aryl methyl sites for hydroxylation is 1. The highest BCUT2D eigenvalue weighted by Crippen LogP contribution is 2.14. The summed E-state index contributed by atoms with van der Waals surface area (Å²) in [6.45, 7) is 3.67. The number of hydrogen-bond acceptors (Lipinski definition) is 5. The van der Waals surface area contributed by atoms with Gasteiger partial charge in [-0.2, -0.15) is 5.10 Å². The number of rotatable bonds is 2. The van der Waals surface area contributed by atoms with Crippen LogP contribution in [0.2, 0.25) is 0 Å². The van der Waals surface area contributed by atoms with Crippen molar-refractivity contribution in [3.63, 3.8) is 0 Å². The van der Waals surface area contributed by atoms with Gasteiger partial charge in [0.15, 0.2) is 0 Å². The molecule has 7 nitrogen and oxygen atoms in total. The molecule has 0 radical (unpaired) electrons. The van der Waals surface area contributed by atoms with Crippen LogP contribution in [0.5, 0.6) is 0 Å². The molecule has 2 rings (SSSR count). The summed E-state index contributed by atoms with van der Waals surface area (Å²) < 4.78 is 0. The highest BCUT2D eigenvalue weighted by Gasteiger charge is 2.10. The molecule has 0 saturated carbocycles. The zero-order valence-electron chi connectivity index (χ0n) is 10.8. The average Bonchev–Trinajstić information content (AvgIpc) is 2.39. The Morgan fingerprint density at radius 3 is 2.68 bits per heavy atom. The van der Waals surface area contributed by atoms with Gasteiger partial charge in [-0.25, -0.2) is 4.79 Å². The minimum Gasteiger partial charge on any atom is -0.313 e. The van der Waals surface area contributed by atoms with Crippen LogP contribution < -0.4 is 11.2 Å². The third-order valence-electron chi connectivity index (χ3n) is 2.80. The molecule has 0 aliphatic heterocycles. The van der Waals surface area contributed by atoms with Gasteiger partial charge in [-0.3, -0.25) is 14.8 Å². The maximum Gasteiger partial charge on any atom is 0.325 e. The van der Waals surface area contributed by atoms with Crippen molar-refractivity contribution in [3.8, 4) is 11.3 Å². The molecule has 2 aromatic rings. The second-order valence-corrected chi connectivity index (χ2v) is 4.02. The summed E-state index contributed by atoms with van der Waals surface area (Å²) in [5.74, 6) is 0. The molecule has 0 spiro atoms. The molecular formula is C12H13N5O2. The molecule has 0 unspecified atom stereocenters. The summed E-state index contributed by atoms with van der Waals surface area (Å²) in [4.78, 5) is 31.3. The van der Waals surface area contributed by atoms with Gasteiger partial charge in [0.2, 0.25) is 0 Å². The van der Waals surface area contributed by atoms with Crippen LogP contribution in [0.3, 0.4) is 0 Å². The number of hydrogen-bond donors (Lipinski definition) is 2. The quantitative estimate of drug-likeness (QED) is 0.755. The van der Waals surface area contributed by atoms with Crippen molar-refractivity contribution in [1.29, 1.82) is 0 Å². The van der Waals surface area contributed by atoms with Crippen molar-refractivity contribution in [1.82, 2.24) is 20.2 Å². The van der Waals surface area contributed by atoms with Gasteiger partial charge in [0.1, 0.15) is 5.69 Å². The van der Waals surface area contributed by atoms with E-state index in [2.05, 4.69) is 25.2 Å². The lowest BCUT2D eigenvalue weighted by Crippen LogP contribution is -2.23. The Morgan fingerprint density at radius 2 is 2.05 bits per heavy atom. The molecule has 2 N–H and O–H groups in total. The van der Waals surface area contributed by atoms with E-state index in [1.807, 2.05) is 13.8 Å². The smallest absolute Gasteiger partial charge is 0.313 e. The molecule has 2 aromatic heterocycles. The van der Waals surface area contributed by atoms with E-state index in [0.717, 1.165) is 17.0 Å². The monoisotopic (exact) mass is 259 g/mol. The Kier molecular flexibility index (Phi) is 3.37. The Labute approximate surface area is 108 Å². The van der Waals surface area contributed by atoms with E-state index in [1.165, 1.54) is 6.20 Å². The fourth-order valence-electron chi connectivity index (χ4n) is 1.67. The van der Waals surface area contributed by atoms with E-state index in [1.54, 1.807) is 13.1 Å². The van der Waals surface area contributed by atoms with Gasteiger partial charge < -0.3 is 4.98 Å². The van der Waals surface area contributed by atoms with Crippen molar-refractivity contribution < 1.29 is 0 Å². The molecule has 0 atom stereocenters. The van der Waals surface area contributed by atoms with E-state index >= 15 is 0 Å². The lowest BCUT2D eigenvalue weighted by Gasteiger charge is -2.05. The predicted octanol–water partition coefficient (Wildman–Crippen LogP) is 0.267. The molecule has 0 amide bonds. The summed E-state index contributed by atoms with van der Waals surface area (Å²) in [6, 6.07) is 1.73. The SMILES string of the molecule is C/N=C(/C)c1cc(-c2c[nH]c(=O)[nH]c2=O)nnc1C. The Hall–Kier alpha value is -2.57. The number of aliphatic imine (C=N–C) groups is 1. The first-order chi connectivity index (χ1) is 9.02. The van der Waals surface area contributed by atoms with Crippen molar-refractivity contribution >= 4 is 5.71 Å². The van der Waals surface area contributed by atoms with Gasteiger partial charge in [0, 0.05) is 24.5 Å². The Bertz CT molecular complexity index is 757. The van der Waals surface area contributed by atoms with Gasteiger partial charge in [0.25, 0.3) is 5.56 Å². The van der Waals surface area contributed by atoms with Crippen molar-refractivity contribution in [2.75, 3.05) is 7.05 Å². The lowest BCUT2D eigenvalue weighted by molar-refractivity contribution is 0.967. The van der Waals surface area contributed by atoms with E-state index in [0.29, 0.717) is 5.69 Å². The summed E-state index contributed by atoms with van der Waals surface area (Å²) in [7, 11) is 1.68. The molecule has 7 heteroatoms. The maximum atomic E-state index is 11.7. The molecule has 0 saturated heterocycles. The summed E-state index contributed by atoms with van der Waals surface area (Å²) in [5, 5.41) is 7.98. The van der Waals surface area contributed by atoms with Crippen LogP contribution in [0, 0.1) is 6.92 Å². The molecule has 0 aromatic carbocycles. The first-order valence-electron chi connectivity index (χ1n) is 5.63. The molecule has 0 bridgehead atoms. The first kappa shape index (κ1) is 12.9. The van der Waals surface area contributed by atoms with Crippen LogP contribution in [-0.4, -0.2) is 32.9 Å². The number of nitrogens with one attached hydrogen (secondary N) is 2. The normalized spacial score (nSPS) is 11.6. The van der Waals surface area contributed by atoms with Crippen molar-refractivity contribution in [2.24, 2.45) is 4.99 Å². The van der Waals surface area contributed by atoms with Crippen molar-refractivity contribution in [3.05, 3.63) is 44.4 Å². The molecule has 19 heavy (non-hydrogen) atoms. The predicted molar refractivity (Wildman–Crippen MR) is 71.6 cm³/mol. The first-order valence-corrected chi connectivity index (χ1v) is 5.63. The molecule has 2 heterocycles. The highest BCUT2D eigenvalue weighted by molar-refractivity contribution is 6.00. The zero-order valence-corrected chi connectivity index (χ0v) is 10.8. The number of aromatic nitrogens is 4. The number of aromatic amines is 2. The maximum absolute atomic E-state index is 11.7. The fraction of sp³-hybridized carbons (Fsp3) is 0.250. The molecule has 0 fully saturated rings. The standard InChI is InChI=1S/C12H13N5O2/c1-6(13-3)8-4-10(17-16-7(8)2)9-5-14-12(19)15-11(9)18/h4-5H,1-3H3,(H2,14,15,18,19)/b13-6-. The second kappa shape index (κ2) is 4.97. The Morgan fingerprint density at radius 1 is 1.32 bits per heavy atom. The van der Waals surface area contributed by atoms with Gasteiger partial charge in [-0.1, -0.05) is 0 Å². The summed E-state index contributed by atoms with van der Waals surface area (Å²) in [6.07, 6.45) is 1.32. The van der Waals surface area contributed by atoms with Crippen LogP contribution in [0.25, 0.3) is 11.3 Å². The van der Waals surface area contributed by atoms with E-state index < -0.39 is 11.2 Å². The van der Waals surface area contributed by atoms with E-state index in [-0.39, 0.29) is 5.56 Å². The van der Waals surface area contributed by atoms with Crippen LogP contribution in [0.15, 0.2) is 26.8 Å². The third-order valence-corrected chi connectivity index (χ3v) is 2.80. The van der Waals surface area contributed by atoms with Gasteiger partial charge >= 0.3 is 5.69 Å². The highest BCUT2D eigenvalue weighted by atomic mass is 16.2. The third kappa shape index (κ3) is 2.49. The largest absolute Gasteiger partial charge is 0.325 e. The molecular weight excluding hydrogens is 246 g/mol. The molecule has 0 aliphatic carbocycles. The number of H-pyrrole nitrogens is 2. The minimum atomic E-state index is -0.555. The van der Waals surface area contributed by atoms with Gasteiger partial charge in [0.05, 0.1) is 11.3 Å². The Balaban J connectivity index is 2.64. The fourth-order valence-corrected chi connectivity index (χ4v) is 1.67. The minimum absolute atomic E-state index is 0.261. The topological polar surface area (TPSA) is 104 Å². The van der Waals surface area contributed by atoms with E-state index in [4.69, 9.17) is 0 Å². The molecule has 98 valence electrons. The van der Waals surface area contributed by atoms with Crippen LogP contribution in [0.1, 0.15) is 18.2 Å².